The fourth-order valence-corrected chi connectivity index (χ4v) is 3.68. The number of aliphatic carboxylic acids is 1. The van der Waals surface area contributed by atoms with E-state index in [2.05, 4.69) is 0 Å². The lowest BCUT2D eigenvalue weighted by Gasteiger charge is -1.94. The smallest absolute Gasteiger partial charge is 0.321 e. The van der Waals surface area contributed by atoms with E-state index in [9.17, 15) is 9.59 Å². The van der Waals surface area contributed by atoms with Crippen molar-refractivity contribution < 1.29 is 9.90 Å². The minimum Gasteiger partial charge on any atom is -0.480 e. The highest BCUT2D eigenvalue weighted by atomic mass is 33.1. The molecular weight excluding hydrogens is 260 g/mol. The Morgan fingerprint density at radius 3 is 2.21 bits per heavy atom. The van der Waals surface area contributed by atoms with Gasteiger partial charge in [0.15, 0.2) is 0 Å². The average Bonchev–Trinajstić information content (AvgIpc) is 2.75. The van der Waals surface area contributed by atoms with Crippen molar-refractivity contribution in [3.8, 4) is 0 Å². The van der Waals surface area contributed by atoms with Crippen molar-refractivity contribution in [3.63, 3.8) is 0 Å². The summed E-state index contributed by atoms with van der Waals surface area (Å²) in [5.41, 5.74) is 0. The standard InChI is InChI=1S/C4H4O2S2.C3H2OS2/c5-4(6)3-1-2-7-8-3;4-3-5-1-2-6-3/h1-3H,(H,5,6);1-2H. The fourth-order valence-electron chi connectivity index (χ4n) is 0.545. The molecule has 1 N–H and O–H groups in total. The van der Waals surface area contributed by atoms with Gasteiger partial charge in [0.2, 0.25) is 0 Å². The van der Waals surface area contributed by atoms with Crippen LogP contribution in [0.4, 0.5) is 0 Å². The normalized spacial score (nSPS) is 18.7. The molecule has 0 amide bonds. The second-order valence-corrected chi connectivity index (χ2v) is 6.37. The van der Waals surface area contributed by atoms with E-state index in [1.165, 1.54) is 44.3 Å². The number of hydrogen-bond acceptors (Lipinski definition) is 6. The largest absolute Gasteiger partial charge is 0.480 e. The number of rotatable bonds is 1. The van der Waals surface area contributed by atoms with Gasteiger partial charge in [-0.3, -0.25) is 9.59 Å². The maximum Gasteiger partial charge on any atom is 0.321 e. The zero-order chi connectivity index (χ0) is 10.4. The lowest BCUT2D eigenvalue weighted by molar-refractivity contribution is -0.135. The van der Waals surface area contributed by atoms with Crippen LogP contribution in [0.2, 0.25) is 0 Å². The third-order valence-electron chi connectivity index (χ3n) is 1.10. The first kappa shape index (κ1) is 11.8. The molecule has 3 nitrogen and oxygen atoms in total. The van der Waals surface area contributed by atoms with Crippen LogP contribution in [0.5, 0.6) is 0 Å². The summed E-state index contributed by atoms with van der Waals surface area (Å²) in [5, 5.41) is 13.4. The van der Waals surface area contributed by atoms with Crippen molar-refractivity contribution >= 4 is 50.2 Å². The lowest BCUT2D eigenvalue weighted by atomic mass is 10.4. The van der Waals surface area contributed by atoms with Gasteiger partial charge in [-0.05, 0) is 5.41 Å². The Hall–Kier alpha value is -0.240. The van der Waals surface area contributed by atoms with Crippen molar-refractivity contribution in [2.24, 2.45) is 0 Å². The molecule has 2 rings (SSSR count). The van der Waals surface area contributed by atoms with Gasteiger partial charge in [-0.1, -0.05) is 50.3 Å². The molecule has 76 valence electrons. The van der Waals surface area contributed by atoms with Crippen LogP contribution in [-0.2, 0) is 4.79 Å². The van der Waals surface area contributed by atoms with Crippen molar-refractivity contribution in [1.29, 1.82) is 0 Å². The highest BCUT2D eigenvalue weighted by Crippen LogP contribution is 2.35. The number of carbonyl (C=O) groups is 1. The maximum absolute atomic E-state index is 10.1. The molecule has 0 spiro atoms. The van der Waals surface area contributed by atoms with Crippen LogP contribution >= 0.6 is 44.3 Å². The van der Waals surface area contributed by atoms with E-state index in [1.54, 1.807) is 22.2 Å². The first-order valence-electron chi connectivity index (χ1n) is 3.44. The summed E-state index contributed by atoms with van der Waals surface area (Å²) in [6.07, 6.45) is 1.68. The second-order valence-electron chi connectivity index (χ2n) is 2.04. The van der Waals surface area contributed by atoms with E-state index in [1.807, 2.05) is 0 Å². The monoisotopic (exact) mass is 266 g/mol. The summed E-state index contributed by atoms with van der Waals surface area (Å²) >= 11 is 2.48. The molecule has 0 fully saturated rings. The van der Waals surface area contributed by atoms with Crippen LogP contribution < -0.4 is 4.06 Å². The molecule has 0 saturated heterocycles. The molecule has 0 aromatic carbocycles. The first-order chi connectivity index (χ1) is 6.70. The van der Waals surface area contributed by atoms with Crippen LogP contribution in [-0.4, -0.2) is 16.3 Å². The molecule has 0 radical (unpaired) electrons. The summed E-state index contributed by atoms with van der Waals surface area (Å²) in [7, 11) is 2.82. The zero-order valence-corrected chi connectivity index (χ0v) is 10.0. The van der Waals surface area contributed by atoms with Gasteiger partial charge in [0, 0.05) is 10.8 Å². The summed E-state index contributed by atoms with van der Waals surface area (Å²) in [6, 6.07) is 0. The molecular formula is C7H6O3S4. The summed E-state index contributed by atoms with van der Waals surface area (Å²) < 4.78 is 0.176. The molecule has 1 aliphatic rings. The number of carboxylic acid groups (broad SMARTS) is 1. The van der Waals surface area contributed by atoms with E-state index >= 15 is 0 Å². The van der Waals surface area contributed by atoms with E-state index < -0.39 is 5.97 Å². The molecule has 7 heteroatoms. The molecule has 14 heavy (non-hydrogen) atoms. The highest BCUT2D eigenvalue weighted by Gasteiger charge is 2.17. The van der Waals surface area contributed by atoms with Gasteiger partial charge in [-0.2, -0.15) is 0 Å². The van der Waals surface area contributed by atoms with Crippen LogP contribution in [0.1, 0.15) is 0 Å². The Kier molecular flexibility index (Phi) is 5.31. The van der Waals surface area contributed by atoms with Crippen molar-refractivity contribution in [1.82, 2.24) is 0 Å². The average molecular weight is 266 g/mol. The number of carboxylic acids is 1. The van der Waals surface area contributed by atoms with Crippen LogP contribution in [0, 0.1) is 0 Å². The first-order valence-corrected chi connectivity index (χ1v) is 7.47. The molecule has 1 atom stereocenters. The summed E-state index contributed by atoms with van der Waals surface area (Å²) in [5.74, 6) is -0.753. The van der Waals surface area contributed by atoms with E-state index in [-0.39, 0.29) is 9.31 Å². The lowest BCUT2D eigenvalue weighted by Crippen LogP contribution is -2.09. The summed E-state index contributed by atoms with van der Waals surface area (Å²) in [4.78, 5) is 20.2. The topological polar surface area (TPSA) is 54.4 Å². The van der Waals surface area contributed by atoms with Crippen LogP contribution in [0.15, 0.2) is 27.0 Å². The Morgan fingerprint density at radius 1 is 1.36 bits per heavy atom. The van der Waals surface area contributed by atoms with Gasteiger partial charge in [0.05, 0.1) is 0 Å². The highest BCUT2D eigenvalue weighted by molar-refractivity contribution is 8.78. The Labute approximate surface area is 96.3 Å². The Bertz CT molecular complexity index is 350. The van der Waals surface area contributed by atoms with Crippen LogP contribution in [0.25, 0.3) is 0 Å². The van der Waals surface area contributed by atoms with Gasteiger partial charge in [-0.15, -0.1) is 0 Å². The fraction of sp³-hybridized carbons (Fsp3) is 0.143. The molecule has 1 aromatic heterocycles. The molecule has 2 heterocycles. The molecule has 1 unspecified atom stereocenters. The minimum atomic E-state index is -0.753. The number of hydrogen-bond donors (Lipinski definition) is 1. The van der Waals surface area contributed by atoms with Crippen molar-refractivity contribution in [3.05, 3.63) is 31.1 Å². The molecule has 0 aliphatic carbocycles. The molecule has 0 bridgehead atoms. The second kappa shape index (κ2) is 6.28. The Balaban J connectivity index is 0.000000146. The maximum atomic E-state index is 10.1. The quantitative estimate of drug-likeness (QED) is 0.792. The third kappa shape index (κ3) is 4.32. The van der Waals surface area contributed by atoms with Crippen LogP contribution in [0.3, 0.4) is 0 Å². The third-order valence-corrected chi connectivity index (χ3v) is 5.01. The zero-order valence-electron chi connectivity index (χ0n) is 6.78. The molecule has 1 aromatic rings. The predicted molar refractivity (Wildman–Crippen MR) is 64.2 cm³/mol. The van der Waals surface area contributed by atoms with Gasteiger partial charge in [-0.25, -0.2) is 0 Å². The van der Waals surface area contributed by atoms with Gasteiger partial charge >= 0.3 is 5.97 Å². The van der Waals surface area contributed by atoms with E-state index in [0.29, 0.717) is 0 Å². The predicted octanol–water partition coefficient (Wildman–Crippen LogP) is 2.52. The molecule has 0 saturated carbocycles. The van der Waals surface area contributed by atoms with E-state index in [0.717, 1.165) is 0 Å². The van der Waals surface area contributed by atoms with Gasteiger partial charge in [0.25, 0.3) is 4.06 Å². The van der Waals surface area contributed by atoms with E-state index in [4.69, 9.17) is 5.11 Å². The van der Waals surface area contributed by atoms with Crippen molar-refractivity contribution in [2.45, 2.75) is 5.25 Å². The van der Waals surface area contributed by atoms with Crippen molar-refractivity contribution in [2.75, 3.05) is 0 Å². The minimum absolute atomic E-state index is 0.176. The Morgan fingerprint density at radius 2 is 2.00 bits per heavy atom. The van der Waals surface area contributed by atoms with Gasteiger partial charge < -0.3 is 5.11 Å². The summed E-state index contributed by atoms with van der Waals surface area (Å²) in [6.45, 7) is 0. The SMILES string of the molecule is O=C(O)C1C=CSS1.O=c1sccs1. The molecule has 1 aliphatic heterocycles. The van der Waals surface area contributed by atoms with Gasteiger partial charge in [0.1, 0.15) is 5.25 Å².